The molecule has 0 saturated heterocycles. The fourth-order valence-corrected chi connectivity index (χ4v) is 6.50. The SMILES string of the molecule is CS(=O)(=O)N[C@H]1CCCC[C@@H]1N1C(=O)c2ccccc2[C@@H](C(N)=O)[C@@H]1c1ccc(Cl)cc1Cl. The maximum absolute atomic E-state index is 13.9. The summed E-state index contributed by atoms with van der Waals surface area (Å²) in [4.78, 5) is 28.3. The van der Waals surface area contributed by atoms with E-state index >= 15 is 0 Å². The number of nitrogens with one attached hydrogen (secondary N) is 1. The van der Waals surface area contributed by atoms with Gasteiger partial charge < -0.3 is 10.6 Å². The maximum atomic E-state index is 13.9. The van der Waals surface area contributed by atoms with Crippen molar-refractivity contribution in [3.05, 3.63) is 69.2 Å². The van der Waals surface area contributed by atoms with Crippen molar-refractivity contribution in [1.82, 2.24) is 9.62 Å². The van der Waals surface area contributed by atoms with Crippen LogP contribution in [0.15, 0.2) is 42.5 Å². The largest absolute Gasteiger partial charge is 0.369 e. The molecule has 2 aromatic carbocycles. The van der Waals surface area contributed by atoms with Crippen LogP contribution in [0.5, 0.6) is 0 Å². The molecule has 0 spiro atoms. The van der Waals surface area contributed by atoms with Gasteiger partial charge in [0.1, 0.15) is 0 Å². The van der Waals surface area contributed by atoms with Crippen LogP contribution in [0, 0.1) is 0 Å². The van der Waals surface area contributed by atoms with Crippen LogP contribution < -0.4 is 10.5 Å². The molecule has 3 N–H and O–H groups in total. The predicted octanol–water partition coefficient (Wildman–Crippen LogP) is 3.62. The number of fused-ring (bicyclic) bond motifs is 1. The zero-order valence-electron chi connectivity index (χ0n) is 18.0. The summed E-state index contributed by atoms with van der Waals surface area (Å²) < 4.78 is 26.9. The zero-order valence-corrected chi connectivity index (χ0v) is 20.3. The second-order valence-corrected chi connectivity index (χ2v) is 11.3. The highest BCUT2D eigenvalue weighted by Crippen LogP contribution is 2.47. The third kappa shape index (κ3) is 4.75. The van der Waals surface area contributed by atoms with Crippen molar-refractivity contribution in [1.29, 1.82) is 0 Å². The van der Waals surface area contributed by atoms with E-state index in [1.807, 2.05) is 0 Å². The Morgan fingerprint density at radius 1 is 1.09 bits per heavy atom. The van der Waals surface area contributed by atoms with Crippen LogP contribution in [-0.4, -0.2) is 43.5 Å². The Kier molecular flexibility index (Phi) is 6.73. The molecule has 10 heteroatoms. The molecule has 1 heterocycles. The first-order chi connectivity index (χ1) is 15.6. The van der Waals surface area contributed by atoms with Gasteiger partial charge in [0, 0.05) is 27.7 Å². The van der Waals surface area contributed by atoms with Gasteiger partial charge in [-0.15, -0.1) is 0 Å². The number of halogens is 2. The number of hydrogen-bond acceptors (Lipinski definition) is 4. The highest BCUT2D eigenvalue weighted by molar-refractivity contribution is 7.88. The second kappa shape index (κ2) is 9.25. The van der Waals surface area contributed by atoms with Gasteiger partial charge in [0.15, 0.2) is 0 Å². The Bertz CT molecular complexity index is 1200. The molecule has 7 nitrogen and oxygen atoms in total. The van der Waals surface area contributed by atoms with Gasteiger partial charge in [-0.25, -0.2) is 13.1 Å². The molecule has 2 aromatic rings. The molecule has 0 aromatic heterocycles. The number of sulfonamides is 1. The number of carbonyl (C=O) groups is 2. The maximum Gasteiger partial charge on any atom is 0.255 e. The number of primary amides is 1. The van der Waals surface area contributed by atoms with Gasteiger partial charge in [-0.2, -0.15) is 0 Å². The highest BCUT2D eigenvalue weighted by atomic mass is 35.5. The van der Waals surface area contributed by atoms with Crippen molar-refractivity contribution < 1.29 is 18.0 Å². The summed E-state index contributed by atoms with van der Waals surface area (Å²) >= 11 is 12.7. The van der Waals surface area contributed by atoms with Crippen LogP contribution in [0.1, 0.15) is 59.1 Å². The Labute approximate surface area is 203 Å². The minimum absolute atomic E-state index is 0.286. The van der Waals surface area contributed by atoms with E-state index in [2.05, 4.69) is 4.72 Å². The van der Waals surface area contributed by atoms with Crippen molar-refractivity contribution in [3.8, 4) is 0 Å². The number of carbonyl (C=O) groups excluding carboxylic acids is 2. The van der Waals surface area contributed by atoms with Crippen LogP contribution >= 0.6 is 23.2 Å². The molecule has 1 aliphatic carbocycles. The standard InChI is InChI=1S/C23H25Cl2N3O4S/c1-33(31,32)27-18-8-4-5-9-19(18)28-21(16-11-10-13(24)12-17(16)25)20(22(26)29)14-6-2-3-7-15(14)23(28)30/h2-3,6-7,10-12,18-21,27H,4-5,8-9H2,1H3,(H2,26,29)/t18-,19-,20+,21-/m0/s1. The molecule has 4 atom stereocenters. The Balaban J connectivity index is 1.93. The molecule has 176 valence electrons. The molecule has 0 bridgehead atoms. The van der Waals surface area contributed by atoms with Gasteiger partial charge in [-0.1, -0.05) is 60.3 Å². The Morgan fingerprint density at radius 3 is 2.45 bits per heavy atom. The lowest BCUT2D eigenvalue weighted by molar-refractivity contribution is -0.121. The number of nitrogens with zero attached hydrogens (tertiary/aromatic N) is 1. The lowest BCUT2D eigenvalue weighted by Gasteiger charge is -2.49. The fourth-order valence-electron chi connectivity index (χ4n) is 5.15. The predicted molar refractivity (Wildman–Crippen MR) is 128 cm³/mol. The van der Waals surface area contributed by atoms with Crippen molar-refractivity contribution in [2.45, 2.75) is 49.7 Å². The lowest BCUT2D eigenvalue weighted by Crippen LogP contribution is -2.59. The van der Waals surface area contributed by atoms with Crippen LogP contribution in [-0.2, 0) is 14.8 Å². The smallest absolute Gasteiger partial charge is 0.255 e. The van der Waals surface area contributed by atoms with Gasteiger partial charge >= 0.3 is 0 Å². The average molecular weight is 510 g/mol. The van der Waals surface area contributed by atoms with E-state index in [9.17, 15) is 18.0 Å². The zero-order chi connectivity index (χ0) is 23.9. The van der Waals surface area contributed by atoms with E-state index in [1.165, 1.54) is 0 Å². The summed E-state index contributed by atoms with van der Waals surface area (Å²) in [5.41, 5.74) is 7.36. The number of hydrogen-bond donors (Lipinski definition) is 2. The van der Waals surface area contributed by atoms with Gasteiger partial charge in [0.2, 0.25) is 15.9 Å². The van der Waals surface area contributed by atoms with Gasteiger partial charge in [0.05, 0.1) is 18.2 Å². The fraction of sp³-hybridized carbons (Fsp3) is 0.391. The average Bonchev–Trinajstić information content (AvgIpc) is 2.73. The van der Waals surface area contributed by atoms with Crippen LogP contribution in [0.2, 0.25) is 10.0 Å². The molecular weight excluding hydrogens is 485 g/mol. The highest BCUT2D eigenvalue weighted by Gasteiger charge is 2.48. The first kappa shape index (κ1) is 24.0. The number of rotatable bonds is 5. The van der Waals surface area contributed by atoms with Crippen molar-refractivity contribution >= 4 is 45.0 Å². The summed E-state index contributed by atoms with van der Waals surface area (Å²) in [5.74, 6) is -1.75. The first-order valence-electron chi connectivity index (χ1n) is 10.7. The molecule has 2 amide bonds. The molecule has 4 rings (SSSR count). The summed E-state index contributed by atoms with van der Waals surface area (Å²) in [6, 6.07) is 10.0. The van der Waals surface area contributed by atoms with Crippen molar-refractivity contribution in [3.63, 3.8) is 0 Å². The van der Waals surface area contributed by atoms with E-state index in [4.69, 9.17) is 28.9 Å². The van der Waals surface area contributed by atoms with Gasteiger partial charge in [-0.3, -0.25) is 9.59 Å². The normalized spacial score (nSPS) is 25.5. The third-order valence-corrected chi connectivity index (χ3v) is 7.71. The summed E-state index contributed by atoms with van der Waals surface area (Å²) in [6.45, 7) is 0. The Hall–Kier alpha value is -2.13. The molecular formula is C23H25Cl2N3O4S. The summed E-state index contributed by atoms with van der Waals surface area (Å²) in [7, 11) is -3.52. The van der Waals surface area contributed by atoms with E-state index in [0.717, 1.165) is 19.1 Å². The quantitative estimate of drug-likeness (QED) is 0.640. The van der Waals surface area contributed by atoms with Crippen LogP contribution in [0.25, 0.3) is 0 Å². The van der Waals surface area contributed by atoms with Crippen LogP contribution in [0.3, 0.4) is 0 Å². The number of benzene rings is 2. The van der Waals surface area contributed by atoms with Crippen molar-refractivity contribution in [2.75, 3.05) is 6.26 Å². The molecule has 2 aliphatic rings. The first-order valence-corrected chi connectivity index (χ1v) is 13.4. The van der Waals surface area contributed by atoms with Gasteiger partial charge in [-0.05, 0) is 42.2 Å². The van der Waals surface area contributed by atoms with Crippen molar-refractivity contribution in [2.24, 2.45) is 5.73 Å². The molecule has 0 unspecified atom stereocenters. The third-order valence-electron chi connectivity index (χ3n) is 6.42. The summed E-state index contributed by atoms with van der Waals surface area (Å²) in [6.07, 6.45) is 3.90. The minimum atomic E-state index is -3.52. The van der Waals surface area contributed by atoms with E-state index in [-0.39, 0.29) is 5.91 Å². The lowest BCUT2D eigenvalue weighted by atomic mass is 9.76. The molecule has 0 radical (unpaired) electrons. The molecule has 1 fully saturated rings. The molecule has 1 aliphatic heterocycles. The van der Waals surface area contributed by atoms with E-state index in [1.54, 1.807) is 47.4 Å². The van der Waals surface area contributed by atoms with Crippen LogP contribution in [0.4, 0.5) is 0 Å². The number of amides is 2. The monoisotopic (exact) mass is 509 g/mol. The minimum Gasteiger partial charge on any atom is -0.369 e. The van der Waals surface area contributed by atoms with E-state index in [0.29, 0.717) is 39.6 Å². The van der Waals surface area contributed by atoms with E-state index < -0.39 is 40.0 Å². The molecule has 33 heavy (non-hydrogen) atoms. The topological polar surface area (TPSA) is 110 Å². The molecule has 1 saturated carbocycles. The second-order valence-electron chi connectivity index (χ2n) is 8.64. The van der Waals surface area contributed by atoms with Gasteiger partial charge in [0.25, 0.3) is 5.91 Å². The Morgan fingerprint density at radius 2 is 1.79 bits per heavy atom. The summed E-state index contributed by atoms with van der Waals surface area (Å²) in [5, 5.41) is 0.724. The number of nitrogens with two attached hydrogens (primary N) is 1.